The number of hydrogen-bond acceptors (Lipinski definition) is 5. The Morgan fingerprint density at radius 2 is 1.23 bits per heavy atom. The van der Waals surface area contributed by atoms with Gasteiger partial charge in [-0.3, -0.25) is 9.59 Å². The number of phenolic OH excluding ortho intramolecular Hbond substituents is 1. The van der Waals surface area contributed by atoms with E-state index in [1.165, 1.54) is 12.1 Å². The highest BCUT2D eigenvalue weighted by atomic mass is 35.5. The van der Waals surface area contributed by atoms with Crippen LogP contribution >= 0.6 is 11.6 Å². The van der Waals surface area contributed by atoms with E-state index in [0.717, 1.165) is 0 Å². The van der Waals surface area contributed by atoms with Crippen molar-refractivity contribution in [3.63, 3.8) is 0 Å². The fourth-order valence-corrected chi connectivity index (χ4v) is 3.00. The zero-order chi connectivity index (χ0) is 18.3. The zero-order valence-corrected chi connectivity index (χ0v) is 14.1. The van der Waals surface area contributed by atoms with Crippen molar-refractivity contribution in [1.29, 1.82) is 0 Å². The SMILES string of the molecule is O=C1c2ccccc2C(=O)c2cc(N=Nc3ccc(O)c(Cl)c3)ccc21. The maximum Gasteiger partial charge on any atom is 0.194 e. The summed E-state index contributed by atoms with van der Waals surface area (Å²) in [4.78, 5) is 25.3. The highest BCUT2D eigenvalue weighted by Crippen LogP contribution is 2.32. The lowest BCUT2D eigenvalue weighted by Gasteiger charge is -2.17. The predicted octanol–water partition coefficient (Wildman–Crippen LogP) is 5.24. The van der Waals surface area contributed by atoms with Crippen LogP contribution < -0.4 is 0 Å². The van der Waals surface area contributed by atoms with Crippen LogP contribution in [0.1, 0.15) is 31.8 Å². The standard InChI is InChI=1S/C20H11ClN2O3/c21-17-10-12(6-8-18(17)24)23-22-11-5-7-15-16(9-11)20(26)14-4-2-1-3-13(14)19(15)25/h1-10,24H. The largest absolute Gasteiger partial charge is 0.506 e. The summed E-state index contributed by atoms with van der Waals surface area (Å²) >= 11 is 5.84. The molecular weight excluding hydrogens is 352 g/mol. The summed E-state index contributed by atoms with van der Waals surface area (Å²) in [6.45, 7) is 0. The summed E-state index contributed by atoms with van der Waals surface area (Å²) in [7, 11) is 0. The fourth-order valence-electron chi connectivity index (χ4n) is 2.82. The quantitative estimate of drug-likeness (QED) is 0.495. The van der Waals surface area contributed by atoms with E-state index < -0.39 is 0 Å². The topological polar surface area (TPSA) is 79.1 Å². The number of hydrogen-bond donors (Lipinski definition) is 1. The lowest BCUT2D eigenvalue weighted by Crippen LogP contribution is -2.20. The minimum Gasteiger partial charge on any atom is -0.506 e. The van der Waals surface area contributed by atoms with Gasteiger partial charge < -0.3 is 5.11 Å². The molecule has 4 rings (SSSR count). The van der Waals surface area contributed by atoms with Gasteiger partial charge in [0.05, 0.1) is 16.4 Å². The Balaban J connectivity index is 1.71. The molecule has 0 heterocycles. The third kappa shape index (κ3) is 2.68. The molecule has 0 bridgehead atoms. The molecule has 0 aliphatic heterocycles. The van der Waals surface area contributed by atoms with Gasteiger partial charge >= 0.3 is 0 Å². The second-order valence-corrected chi connectivity index (χ2v) is 6.18. The van der Waals surface area contributed by atoms with E-state index in [1.807, 2.05) is 0 Å². The number of rotatable bonds is 2. The molecule has 26 heavy (non-hydrogen) atoms. The first-order valence-corrected chi connectivity index (χ1v) is 8.15. The number of nitrogens with zero attached hydrogens (tertiary/aromatic N) is 2. The van der Waals surface area contributed by atoms with E-state index in [2.05, 4.69) is 10.2 Å². The van der Waals surface area contributed by atoms with Crippen LogP contribution in [0, 0.1) is 0 Å². The van der Waals surface area contributed by atoms with Crippen molar-refractivity contribution in [3.05, 3.63) is 87.9 Å². The lowest BCUT2D eigenvalue weighted by atomic mass is 9.84. The first-order chi connectivity index (χ1) is 12.5. The minimum absolute atomic E-state index is 0.0397. The molecule has 0 amide bonds. The molecule has 1 aliphatic rings. The Kier molecular flexibility index (Phi) is 3.86. The number of halogens is 1. The van der Waals surface area contributed by atoms with Crippen LogP contribution in [0.5, 0.6) is 5.75 Å². The highest BCUT2D eigenvalue weighted by Gasteiger charge is 2.29. The van der Waals surface area contributed by atoms with Gasteiger partial charge in [0, 0.05) is 22.3 Å². The molecule has 0 fully saturated rings. The van der Waals surface area contributed by atoms with Gasteiger partial charge in [-0.2, -0.15) is 10.2 Å². The molecule has 3 aromatic rings. The second kappa shape index (κ2) is 6.20. The molecule has 0 aromatic heterocycles. The number of fused-ring (bicyclic) bond motifs is 2. The number of ketones is 2. The van der Waals surface area contributed by atoms with Crippen molar-refractivity contribution in [2.24, 2.45) is 10.2 Å². The van der Waals surface area contributed by atoms with E-state index in [-0.39, 0.29) is 22.3 Å². The van der Waals surface area contributed by atoms with Crippen LogP contribution in [0.15, 0.2) is 70.9 Å². The maximum absolute atomic E-state index is 12.7. The zero-order valence-electron chi connectivity index (χ0n) is 13.3. The second-order valence-electron chi connectivity index (χ2n) is 5.77. The van der Waals surface area contributed by atoms with Crippen LogP contribution in [-0.4, -0.2) is 16.7 Å². The molecule has 0 spiro atoms. The summed E-state index contributed by atoms with van der Waals surface area (Å²) < 4.78 is 0. The summed E-state index contributed by atoms with van der Waals surface area (Å²) in [5, 5.41) is 17.7. The third-order valence-corrected chi connectivity index (χ3v) is 4.42. The molecule has 0 radical (unpaired) electrons. The van der Waals surface area contributed by atoms with Gasteiger partial charge in [0.2, 0.25) is 0 Å². The molecule has 1 N–H and O–H groups in total. The Morgan fingerprint density at radius 1 is 0.692 bits per heavy atom. The third-order valence-electron chi connectivity index (χ3n) is 4.12. The number of carbonyl (C=O) groups excluding carboxylic acids is 2. The van der Waals surface area contributed by atoms with E-state index in [4.69, 9.17) is 11.6 Å². The first kappa shape index (κ1) is 16.2. The number of benzene rings is 3. The first-order valence-electron chi connectivity index (χ1n) is 7.77. The monoisotopic (exact) mass is 362 g/mol. The van der Waals surface area contributed by atoms with Gasteiger partial charge in [-0.05, 0) is 36.4 Å². The number of phenols is 1. The van der Waals surface area contributed by atoms with Crippen LogP contribution in [0.4, 0.5) is 11.4 Å². The van der Waals surface area contributed by atoms with Gasteiger partial charge in [-0.15, -0.1) is 0 Å². The number of aromatic hydroxyl groups is 1. The van der Waals surface area contributed by atoms with Crippen molar-refractivity contribution < 1.29 is 14.7 Å². The number of carbonyl (C=O) groups is 2. The van der Waals surface area contributed by atoms with Crippen molar-refractivity contribution in [3.8, 4) is 5.75 Å². The van der Waals surface area contributed by atoms with E-state index in [9.17, 15) is 14.7 Å². The van der Waals surface area contributed by atoms with Crippen molar-refractivity contribution in [1.82, 2.24) is 0 Å². The summed E-state index contributed by atoms with van der Waals surface area (Å²) in [5.41, 5.74) is 2.38. The number of azo groups is 1. The summed E-state index contributed by atoms with van der Waals surface area (Å²) in [6.07, 6.45) is 0. The molecule has 0 unspecified atom stereocenters. The molecule has 0 saturated heterocycles. The van der Waals surface area contributed by atoms with Gasteiger partial charge in [-0.25, -0.2) is 0 Å². The summed E-state index contributed by atoms with van der Waals surface area (Å²) in [6, 6.07) is 16.0. The smallest absolute Gasteiger partial charge is 0.194 e. The van der Waals surface area contributed by atoms with E-state index >= 15 is 0 Å². The van der Waals surface area contributed by atoms with Crippen molar-refractivity contribution in [2.45, 2.75) is 0 Å². The molecular formula is C20H11ClN2O3. The Bertz CT molecular complexity index is 1110. The Morgan fingerprint density at radius 3 is 1.88 bits per heavy atom. The lowest BCUT2D eigenvalue weighted by molar-refractivity contribution is 0.0979. The molecule has 3 aromatic carbocycles. The molecule has 126 valence electrons. The molecule has 6 heteroatoms. The molecule has 5 nitrogen and oxygen atoms in total. The van der Waals surface area contributed by atoms with E-state index in [1.54, 1.807) is 48.5 Å². The summed E-state index contributed by atoms with van der Waals surface area (Å²) in [5.74, 6) is -0.425. The highest BCUT2D eigenvalue weighted by molar-refractivity contribution is 6.32. The Hall–Kier alpha value is -3.31. The van der Waals surface area contributed by atoms with Crippen LogP contribution in [0.3, 0.4) is 0 Å². The van der Waals surface area contributed by atoms with Gasteiger partial charge in [0.15, 0.2) is 11.6 Å². The fraction of sp³-hybridized carbons (Fsp3) is 0. The van der Waals surface area contributed by atoms with Crippen LogP contribution in [0.2, 0.25) is 5.02 Å². The van der Waals surface area contributed by atoms with E-state index in [0.29, 0.717) is 33.6 Å². The van der Waals surface area contributed by atoms with Crippen molar-refractivity contribution >= 4 is 34.5 Å². The average molecular weight is 363 g/mol. The predicted molar refractivity (Wildman–Crippen MR) is 97.0 cm³/mol. The Labute approximate surface area is 153 Å². The normalized spacial score (nSPS) is 13.0. The molecule has 1 aliphatic carbocycles. The molecule has 0 atom stereocenters. The molecule has 0 saturated carbocycles. The maximum atomic E-state index is 12.7. The van der Waals surface area contributed by atoms with Gasteiger partial charge in [0.25, 0.3) is 0 Å². The van der Waals surface area contributed by atoms with Gasteiger partial charge in [0.1, 0.15) is 5.75 Å². The van der Waals surface area contributed by atoms with Crippen LogP contribution in [-0.2, 0) is 0 Å². The minimum atomic E-state index is -0.208. The van der Waals surface area contributed by atoms with Crippen LogP contribution in [0.25, 0.3) is 0 Å². The van der Waals surface area contributed by atoms with Gasteiger partial charge in [-0.1, -0.05) is 35.9 Å². The average Bonchev–Trinajstić information content (AvgIpc) is 2.67. The van der Waals surface area contributed by atoms with Crippen molar-refractivity contribution in [2.75, 3.05) is 0 Å².